The second kappa shape index (κ2) is 4.88. The van der Waals surface area contributed by atoms with Crippen LogP contribution in [0, 0.1) is 34.5 Å². The fourth-order valence-electron chi connectivity index (χ4n) is 7.96. The quantitative estimate of drug-likeness (QED) is 0.557. The van der Waals surface area contributed by atoms with Crippen LogP contribution in [0.1, 0.15) is 72.1 Å². The molecule has 4 unspecified atom stereocenters. The van der Waals surface area contributed by atoms with Crippen molar-refractivity contribution in [1.29, 1.82) is 0 Å². The van der Waals surface area contributed by atoms with E-state index in [4.69, 9.17) is 4.74 Å². The first-order chi connectivity index (χ1) is 11.4. The first kappa shape index (κ1) is 15.9. The summed E-state index contributed by atoms with van der Waals surface area (Å²) in [6.45, 7) is 8.49. The van der Waals surface area contributed by atoms with E-state index in [1.807, 2.05) is 0 Å². The van der Waals surface area contributed by atoms with E-state index >= 15 is 0 Å². The molecule has 8 atom stereocenters. The molecule has 0 bridgehead atoms. The van der Waals surface area contributed by atoms with Gasteiger partial charge in [-0.05, 0) is 92.8 Å². The minimum Gasteiger partial charge on any atom is -0.393 e. The van der Waals surface area contributed by atoms with E-state index in [1.54, 1.807) is 5.57 Å². The van der Waals surface area contributed by atoms with Crippen molar-refractivity contribution < 1.29 is 9.84 Å². The molecule has 4 fully saturated rings. The maximum Gasteiger partial charge on any atom is 0.0921 e. The molecule has 5 rings (SSSR count). The predicted molar refractivity (Wildman–Crippen MR) is 95.6 cm³/mol. The SMILES string of the molecule is C[C@]12CCC3C(CC=C4C[C@@H](O)CC[C@@]43C)C1CCC2[C@]1(C)CO1. The number of hydrogen-bond donors (Lipinski definition) is 1. The van der Waals surface area contributed by atoms with Gasteiger partial charge >= 0.3 is 0 Å². The summed E-state index contributed by atoms with van der Waals surface area (Å²) in [6, 6.07) is 0. The standard InChI is InChI=1S/C22H34O2/c1-20-10-8-15(23)12-14(20)4-5-16-17-6-7-19(22(3)13-24-22)21(17,2)11-9-18(16)20/h4,15-19,23H,5-13H2,1-3H3/t15-,16?,17?,18?,19?,20-,21-,22-/m0/s1. The normalized spacial score (nSPS) is 59.2. The third kappa shape index (κ3) is 1.96. The van der Waals surface area contributed by atoms with Gasteiger partial charge in [0.15, 0.2) is 0 Å². The third-order valence-electron chi connectivity index (χ3n) is 9.41. The number of allylic oxidation sites excluding steroid dienone is 1. The molecule has 24 heavy (non-hydrogen) atoms. The molecular formula is C22H34O2. The van der Waals surface area contributed by atoms with Crippen molar-refractivity contribution in [1.82, 2.24) is 0 Å². The maximum atomic E-state index is 10.1. The van der Waals surface area contributed by atoms with Crippen molar-refractivity contribution in [2.45, 2.75) is 83.8 Å². The lowest BCUT2D eigenvalue weighted by atomic mass is 9.47. The van der Waals surface area contributed by atoms with Crippen LogP contribution in [0.5, 0.6) is 0 Å². The number of aliphatic hydroxyl groups excluding tert-OH is 1. The van der Waals surface area contributed by atoms with Gasteiger partial charge in [-0.2, -0.15) is 0 Å². The van der Waals surface area contributed by atoms with Gasteiger partial charge in [0.1, 0.15) is 0 Å². The van der Waals surface area contributed by atoms with Crippen LogP contribution in [-0.4, -0.2) is 23.4 Å². The van der Waals surface area contributed by atoms with Gasteiger partial charge in [0.25, 0.3) is 0 Å². The average Bonchev–Trinajstić information content (AvgIpc) is 3.17. The van der Waals surface area contributed by atoms with Crippen molar-refractivity contribution in [2.75, 3.05) is 6.61 Å². The first-order valence-corrected chi connectivity index (χ1v) is 10.4. The monoisotopic (exact) mass is 330 g/mol. The van der Waals surface area contributed by atoms with E-state index in [1.165, 1.54) is 38.5 Å². The van der Waals surface area contributed by atoms with Crippen LogP contribution in [-0.2, 0) is 4.74 Å². The fraction of sp³-hybridized carbons (Fsp3) is 0.909. The molecule has 134 valence electrons. The lowest BCUT2D eigenvalue weighted by Crippen LogP contribution is -2.51. The van der Waals surface area contributed by atoms with Gasteiger partial charge in [-0.15, -0.1) is 0 Å². The van der Waals surface area contributed by atoms with E-state index in [2.05, 4.69) is 26.8 Å². The highest BCUT2D eigenvalue weighted by Crippen LogP contribution is 2.68. The maximum absolute atomic E-state index is 10.1. The Bertz CT molecular complexity index is 577. The third-order valence-corrected chi connectivity index (χ3v) is 9.41. The highest BCUT2D eigenvalue weighted by atomic mass is 16.6. The van der Waals surface area contributed by atoms with Crippen molar-refractivity contribution >= 4 is 0 Å². The Hall–Kier alpha value is -0.340. The number of aliphatic hydroxyl groups is 1. The van der Waals surface area contributed by atoms with Crippen LogP contribution >= 0.6 is 0 Å². The molecule has 2 heteroatoms. The molecule has 0 amide bonds. The molecule has 1 saturated heterocycles. The van der Waals surface area contributed by atoms with Gasteiger partial charge in [-0.1, -0.05) is 25.5 Å². The molecule has 4 aliphatic carbocycles. The summed E-state index contributed by atoms with van der Waals surface area (Å²) in [7, 11) is 0. The van der Waals surface area contributed by atoms with Gasteiger partial charge in [-0.3, -0.25) is 0 Å². The molecule has 2 nitrogen and oxygen atoms in total. The molecule has 0 aromatic carbocycles. The largest absolute Gasteiger partial charge is 0.393 e. The minimum absolute atomic E-state index is 0.0856. The number of hydrogen-bond acceptors (Lipinski definition) is 2. The van der Waals surface area contributed by atoms with Gasteiger partial charge in [0.05, 0.1) is 18.3 Å². The summed E-state index contributed by atoms with van der Waals surface area (Å²) in [4.78, 5) is 0. The molecule has 1 N–H and O–H groups in total. The summed E-state index contributed by atoms with van der Waals surface area (Å²) in [5.74, 6) is 3.40. The average molecular weight is 331 g/mol. The summed E-state index contributed by atoms with van der Waals surface area (Å²) >= 11 is 0. The number of epoxide rings is 1. The first-order valence-electron chi connectivity index (χ1n) is 10.4. The highest BCUT2D eigenvalue weighted by molar-refractivity contribution is 5.26. The van der Waals surface area contributed by atoms with Crippen LogP contribution in [0.15, 0.2) is 11.6 Å². The zero-order chi connectivity index (χ0) is 16.7. The Labute approximate surface area is 147 Å². The summed E-state index contributed by atoms with van der Waals surface area (Å²) in [6.07, 6.45) is 12.5. The van der Waals surface area contributed by atoms with Crippen molar-refractivity contribution in [2.24, 2.45) is 34.5 Å². The smallest absolute Gasteiger partial charge is 0.0921 e. The highest BCUT2D eigenvalue weighted by Gasteiger charge is 2.64. The van der Waals surface area contributed by atoms with E-state index in [9.17, 15) is 5.11 Å². The van der Waals surface area contributed by atoms with Crippen LogP contribution in [0.3, 0.4) is 0 Å². The zero-order valence-electron chi connectivity index (χ0n) is 15.7. The van der Waals surface area contributed by atoms with Crippen LogP contribution in [0.4, 0.5) is 0 Å². The second-order valence-corrected chi connectivity index (χ2v) is 10.4. The number of rotatable bonds is 1. The molecular weight excluding hydrogens is 296 g/mol. The molecule has 0 radical (unpaired) electrons. The molecule has 3 saturated carbocycles. The van der Waals surface area contributed by atoms with Gasteiger partial charge < -0.3 is 9.84 Å². The Morgan fingerprint density at radius 3 is 2.58 bits per heavy atom. The number of fused-ring (bicyclic) bond motifs is 5. The van der Waals surface area contributed by atoms with E-state index in [0.29, 0.717) is 10.8 Å². The van der Waals surface area contributed by atoms with Gasteiger partial charge in [0.2, 0.25) is 0 Å². The molecule has 1 heterocycles. The lowest BCUT2D eigenvalue weighted by Gasteiger charge is -2.58. The molecule has 0 aromatic rings. The summed E-state index contributed by atoms with van der Waals surface area (Å²) in [5.41, 5.74) is 2.67. The molecule has 5 aliphatic rings. The van der Waals surface area contributed by atoms with Crippen LogP contribution < -0.4 is 0 Å². The van der Waals surface area contributed by atoms with E-state index < -0.39 is 0 Å². The van der Waals surface area contributed by atoms with Crippen molar-refractivity contribution in [3.8, 4) is 0 Å². The second-order valence-electron chi connectivity index (χ2n) is 10.4. The van der Waals surface area contributed by atoms with E-state index in [0.717, 1.165) is 43.1 Å². The molecule has 0 spiro atoms. The Morgan fingerprint density at radius 1 is 1.04 bits per heavy atom. The van der Waals surface area contributed by atoms with E-state index in [-0.39, 0.29) is 11.7 Å². The lowest BCUT2D eigenvalue weighted by molar-refractivity contribution is -0.0595. The summed E-state index contributed by atoms with van der Waals surface area (Å²) in [5, 5.41) is 10.1. The van der Waals surface area contributed by atoms with Crippen molar-refractivity contribution in [3.05, 3.63) is 11.6 Å². The molecule has 0 aromatic heterocycles. The topological polar surface area (TPSA) is 32.8 Å². The predicted octanol–water partition coefficient (Wildman–Crippen LogP) is 4.72. The van der Waals surface area contributed by atoms with Crippen molar-refractivity contribution in [3.63, 3.8) is 0 Å². The van der Waals surface area contributed by atoms with Crippen LogP contribution in [0.2, 0.25) is 0 Å². The fourth-order valence-corrected chi connectivity index (χ4v) is 7.96. The zero-order valence-corrected chi connectivity index (χ0v) is 15.7. The minimum atomic E-state index is -0.0856. The summed E-state index contributed by atoms with van der Waals surface area (Å²) < 4.78 is 5.91. The Morgan fingerprint density at radius 2 is 1.83 bits per heavy atom. The van der Waals surface area contributed by atoms with Crippen LogP contribution in [0.25, 0.3) is 0 Å². The number of ether oxygens (including phenoxy) is 1. The van der Waals surface area contributed by atoms with Gasteiger partial charge in [0, 0.05) is 0 Å². The Balaban J connectivity index is 1.47. The Kier molecular flexibility index (Phi) is 3.23. The molecule has 1 aliphatic heterocycles. The van der Waals surface area contributed by atoms with Gasteiger partial charge in [-0.25, -0.2) is 0 Å².